The largest absolute Gasteiger partial charge is 0.433 e. The van der Waals surface area contributed by atoms with Crippen LogP contribution in [0.5, 0.6) is 0 Å². The Kier molecular flexibility index (Phi) is 6.28. The van der Waals surface area contributed by atoms with Crippen molar-refractivity contribution in [1.82, 2.24) is 19.5 Å². The minimum Gasteiger partial charge on any atom is -0.337 e. The monoisotopic (exact) mass is 492 g/mol. The van der Waals surface area contributed by atoms with Crippen LogP contribution < -0.4 is 0 Å². The Bertz CT molecular complexity index is 1400. The normalized spacial score (nSPS) is 15.0. The molecule has 8 heteroatoms. The molecule has 0 unspecified atom stereocenters. The molecule has 4 aromatic rings. The van der Waals surface area contributed by atoms with Crippen LogP contribution in [-0.4, -0.2) is 38.5 Å². The molecule has 36 heavy (non-hydrogen) atoms. The average molecular weight is 493 g/mol. The van der Waals surface area contributed by atoms with Gasteiger partial charge in [-0.3, -0.25) is 4.79 Å². The zero-order valence-electron chi connectivity index (χ0n) is 20.2. The minimum absolute atomic E-state index is 0.000339. The molecular formula is C28H27F3N4O. The number of hydrogen-bond acceptors (Lipinski definition) is 3. The summed E-state index contributed by atoms with van der Waals surface area (Å²) in [6, 6.07) is 18.0. The summed E-state index contributed by atoms with van der Waals surface area (Å²) in [6.07, 6.45) is -2.01. The lowest BCUT2D eigenvalue weighted by atomic mass is 9.90. The number of nitrogens with zero attached hydrogens (tertiary/aromatic N) is 4. The van der Waals surface area contributed by atoms with Gasteiger partial charge in [-0.15, -0.1) is 0 Å². The highest BCUT2D eigenvalue weighted by molar-refractivity contribution is 5.93. The maximum atomic E-state index is 14.0. The van der Waals surface area contributed by atoms with E-state index in [0.717, 1.165) is 41.0 Å². The maximum Gasteiger partial charge on any atom is 0.433 e. The first-order valence-electron chi connectivity index (χ1n) is 12.1. The van der Waals surface area contributed by atoms with Gasteiger partial charge in [0.1, 0.15) is 0 Å². The van der Waals surface area contributed by atoms with Gasteiger partial charge in [0.2, 0.25) is 0 Å². The zero-order valence-corrected chi connectivity index (χ0v) is 20.2. The Balaban J connectivity index is 1.40. The first-order valence-corrected chi connectivity index (χ1v) is 12.1. The Morgan fingerprint density at radius 1 is 0.972 bits per heavy atom. The zero-order chi connectivity index (χ0) is 25.4. The molecule has 1 saturated heterocycles. The molecule has 0 N–H and O–H groups in total. The summed E-state index contributed by atoms with van der Waals surface area (Å²) in [5.41, 5.74) is 3.07. The van der Waals surface area contributed by atoms with Gasteiger partial charge in [0.15, 0.2) is 17.0 Å². The fourth-order valence-corrected chi connectivity index (χ4v) is 4.78. The van der Waals surface area contributed by atoms with Crippen LogP contribution in [0.15, 0.2) is 60.7 Å². The van der Waals surface area contributed by atoms with E-state index in [9.17, 15) is 18.0 Å². The predicted molar refractivity (Wildman–Crippen MR) is 132 cm³/mol. The van der Waals surface area contributed by atoms with Gasteiger partial charge >= 0.3 is 6.18 Å². The quantitative estimate of drug-likeness (QED) is 0.345. The van der Waals surface area contributed by atoms with Gasteiger partial charge in [-0.2, -0.15) is 18.3 Å². The fraction of sp³-hybridized carbons (Fsp3) is 0.321. The molecule has 186 valence electrons. The van der Waals surface area contributed by atoms with Crippen molar-refractivity contribution in [3.8, 4) is 11.3 Å². The van der Waals surface area contributed by atoms with Gasteiger partial charge in [0, 0.05) is 24.7 Å². The lowest BCUT2D eigenvalue weighted by molar-refractivity contribution is -0.142. The standard InChI is InChI=1S/C28H27F3N4O/c1-18-8-9-22(14-19(18)2)23-16-25(28(29,30)31)35-26(32-23)17-24(33-35)27(36)34-12-10-21(11-13-34)15-20-6-4-3-5-7-20/h3-9,14,16-17,21H,10-13,15H2,1-2H3. The van der Waals surface area contributed by atoms with Crippen LogP contribution in [0.1, 0.15) is 45.7 Å². The van der Waals surface area contributed by atoms with E-state index in [1.54, 1.807) is 11.0 Å². The smallest absolute Gasteiger partial charge is 0.337 e. The summed E-state index contributed by atoms with van der Waals surface area (Å²) in [5, 5.41) is 4.05. The number of piperidine rings is 1. The molecule has 0 radical (unpaired) electrons. The second-order valence-electron chi connectivity index (χ2n) is 9.55. The first kappa shape index (κ1) is 24.0. The highest BCUT2D eigenvalue weighted by Crippen LogP contribution is 2.33. The van der Waals surface area contributed by atoms with Crippen LogP contribution in [0, 0.1) is 19.8 Å². The molecule has 2 aromatic carbocycles. The van der Waals surface area contributed by atoms with Gasteiger partial charge in [-0.1, -0.05) is 42.5 Å². The molecule has 3 heterocycles. The SMILES string of the molecule is Cc1ccc(-c2cc(C(F)(F)F)n3nc(C(=O)N4CCC(Cc5ccccc5)CC4)cc3n2)cc1C. The van der Waals surface area contributed by atoms with Crippen molar-refractivity contribution in [3.63, 3.8) is 0 Å². The van der Waals surface area contributed by atoms with Crippen molar-refractivity contribution in [2.24, 2.45) is 5.92 Å². The molecule has 1 amide bonds. The maximum absolute atomic E-state index is 14.0. The van der Waals surface area contributed by atoms with E-state index in [2.05, 4.69) is 22.2 Å². The molecular weight excluding hydrogens is 465 g/mol. The summed E-state index contributed by atoms with van der Waals surface area (Å²) in [7, 11) is 0. The number of amides is 1. The van der Waals surface area contributed by atoms with Crippen molar-refractivity contribution >= 4 is 11.6 Å². The number of alkyl halides is 3. The molecule has 0 saturated carbocycles. The topological polar surface area (TPSA) is 50.5 Å². The predicted octanol–water partition coefficient (Wildman–Crippen LogP) is 6.13. The van der Waals surface area contributed by atoms with Crippen LogP contribution in [0.25, 0.3) is 16.9 Å². The summed E-state index contributed by atoms with van der Waals surface area (Å²) < 4.78 is 42.6. The second kappa shape index (κ2) is 9.41. The number of hydrogen-bond donors (Lipinski definition) is 0. The first-order chi connectivity index (χ1) is 17.2. The Morgan fingerprint density at radius 2 is 1.69 bits per heavy atom. The van der Waals surface area contributed by atoms with Crippen molar-refractivity contribution < 1.29 is 18.0 Å². The number of rotatable bonds is 4. The van der Waals surface area contributed by atoms with E-state index in [-0.39, 0.29) is 22.9 Å². The lowest BCUT2D eigenvalue weighted by Crippen LogP contribution is -2.39. The Hall–Kier alpha value is -3.68. The second-order valence-corrected chi connectivity index (χ2v) is 9.55. The number of halogens is 3. The van der Waals surface area contributed by atoms with E-state index in [1.807, 2.05) is 44.2 Å². The van der Waals surface area contributed by atoms with Crippen LogP contribution in [0.4, 0.5) is 13.2 Å². The lowest BCUT2D eigenvalue weighted by Gasteiger charge is -2.31. The third-order valence-electron chi connectivity index (χ3n) is 7.01. The third-order valence-corrected chi connectivity index (χ3v) is 7.01. The van der Waals surface area contributed by atoms with Crippen molar-refractivity contribution in [2.75, 3.05) is 13.1 Å². The van der Waals surface area contributed by atoms with Crippen molar-refractivity contribution in [1.29, 1.82) is 0 Å². The molecule has 1 aliphatic rings. The number of aryl methyl sites for hydroxylation is 2. The molecule has 2 aromatic heterocycles. The van der Waals surface area contributed by atoms with Crippen molar-refractivity contribution in [2.45, 2.75) is 39.3 Å². The number of benzene rings is 2. The number of carbonyl (C=O) groups is 1. The van der Waals surface area contributed by atoms with Gasteiger partial charge in [-0.05, 0) is 67.9 Å². The fourth-order valence-electron chi connectivity index (χ4n) is 4.78. The summed E-state index contributed by atoms with van der Waals surface area (Å²) in [5.74, 6) is 0.107. The van der Waals surface area contributed by atoms with E-state index in [1.165, 1.54) is 11.6 Å². The molecule has 5 rings (SSSR count). The number of carbonyl (C=O) groups excluding carboxylic acids is 1. The van der Waals surface area contributed by atoms with Gasteiger partial charge in [0.05, 0.1) is 5.69 Å². The van der Waals surface area contributed by atoms with Crippen LogP contribution in [0.2, 0.25) is 0 Å². The average Bonchev–Trinajstić information content (AvgIpc) is 3.29. The van der Waals surface area contributed by atoms with E-state index < -0.39 is 11.9 Å². The van der Waals surface area contributed by atoms with E-state index in [0.29, 0.717) is 24.6 Å². The summed E-state index contributed by atoms with van der Waals surface area (Å²) in [4.78, 5) is 19.3. The highest BCUT2D eigenvalue weighted by atomic mass is 19.4. The highest BCUT2D eigenvalue weighted by Gasteiger charge is 2.36. The van der Waals surface area contributed by atoms with Crippen molar-refractivity contribution in [3.05, 3.63) is 88.7 Å². The van der Waals surface area contributed by atoms with E-state index in [4.69, 9.17) is 0 Å². The molecule has 0 bridgehead atoms. The molecule has 1 fully saturated rings. The van der Waals surface area contributed by atoms with Gasteiger partial charge in [-0.25, -0.2) is 9.50 Å². The number of aromatic nitrogens is 3. The molecule has 0 spiro atoms. The summed E-state index contributed by atoms with van der Waals surface area (Å²) >= 11 is 0. The minimum atomic E-state index is -4.65. The number of likely N-dealkylation sites (tertiary alicyclic amines) is 1. The van der Waals surface area contributed by atoms with Crippen LogP contribution >= 0.6 is 0 Å². The Labute approximate surface area is 207 Å². The van der Waals surface area contributed by atoms with Gasteiger partial charge in [0.25, 0.3) is 5.91 Å². The molecule has 0 aliphatic carbocycles. The third kappa shape index (κ3) is 4.85. The molecule has 1 aliphatic heterocycles. The Morgan fingerprint density at radius 3 is 2.36 bits per heavy atom. The molecule has 5 nitrogen and oxygen atoms in total. The van der Waals surface area contributed by atoms with Crippen LogP contribution in [0.3, 0.4) is 0 Å². The summed E-state index contributed by atoms with van der Waals surface area (Å²) in [6.45, 7) is 4.95. The van der Waals surface area contributed by atoms with Gasteiger partial charge < -0.3 is 4.90 Å². The molecule has 0 atom stereocenters. The number of fused-ring (bicyclic) bond motifs is 1. The van der Waals surface area contributed by atoms with Crippen LogP contribution in [-0.2, 0) is 12.6 Å². The van der Waals surface area contributed by atoms with E-state index >= 15 is 0 Å².